The molecule has 3 rings (SSSR count). The van der Waals surface area contributed by atoms with Crippen LogP contribution in [-0.4, -0.2) is 63.2 Å². The van der Waals surface area contributed by atoms with Crippen LogP contribution >= 0.6 is 0 Å². The number of amides is 1. The summed E-state index contributed by atoms with van der Waals surface area (Å²) >= 11 is 0. The Balaban J connectivity index is 1.63. The predicted molar refractivity (Wildman–Crippen MR) is 108 cm³/mol. The standard InChI is InChI=1S/C22H28N2O4/c1-26-18-7-5-17(6-8-18)16-23-11-4-12-24(14-13-23)22(25)20-10-9-19(27-2)15-21(20)28-3/h5-10,15H,4,11-14,16H2,1-3H3. The Hall–Kier alpha value is -2.73. The van der Waals surface area contributed by atoms with Gasteiger partial charge in [0.1, 0.15) is 17.2 Å². The number of benzene rings is 2. The maximum absolute atomic E-state index is 13.0. The van der Waals surface area contributed by atoms with Gasteiger partial charge < -0.3 is 19.1 Å². The molecule has 0 N–H and O–H groups in total. The maximum Gasteiger partial charge on any atom is 0.257 e. The Kier molecular flexibility index (Phi) is 6.76. The molecule has 0 aliphatic carbocycles. The molecular formula is C22H28N2O4. The lowest BCUT2D eigenvalue weighted by Crippen LogP contribution is -2.35. The van der Waals surface area contributed by atoms with Gasteiger partial charge in [-0.15, -0.1) is 0 Å². The Morgan fingerprint density at radius 2 is 1.57 bits per heavy atom. The van der Waals surface area contributed by atoms with E-state index in [0.29, 0.717) is 23.6 Å². The van der Waals surface area contributed by atoms with Crippen molar-refractivity contribution in [2.45, 2.75) is 13.0 Å². The highest BCUT2D eigenvalue weighted by molar-refractivity contribution is 5.97. The third-order valence-electron chi connectivity index (χ3n) is 5.08. The average Bonchev–Trinajstić information content (AvgIpc) is 2.99. The van der Waals surface area contributed by atoms with E-state index < -0.39 is 0 Å². The van der Waals surface area contributed by atoms with Gasteiger partial charge in [-0.1, -0.05) is 12.1 Å². The van der Waals surface area contributed by atoms with E-state index >= 15 is 0 Å². The van der Waals surface area contributed by atoms with Crippen molar-refractivity contribution in [3.8, 4) is 17.2 Å². The third-order valence-corrected chi connectivity index (χ3v) is 5.08. The fourth-order valence-electron chi connectivity index (χ4n) is 3.47. The molecule has 0 saturated carbocycles. The van der Waals surface area contributed by atoms with E-state index in [2.05, 4.69) is 17.0 Å². The van der Waals surface area contributed by atoms with Crippen molar-refractivity contribution in [3.63, 3.8) is 0 Å². The molecule has 0 radical (unpaired) electrons. The van der Waals surface area contributed by atoms with Gasteiger partial charge in [0.2, 0.25) is 0 Å². The van der Waals surface area contributed by atoms with Crippen molar-refractivity contribution in [2.24, 2.45) is 0 Å². The number of hydrogen-bond acceptors (Lipinski definition) is 5. The molecule has 1 aliphatic heterocycles. The first kappa shape index (κ1) is 20.0. The largest absolute Gasteiger partial charge is 0.497 e. The van der Waals surface area contributed by atoms with Crippen molar-refractivity contribution >= 4 is 5.91 Å². The molecule has 0 spiro atoms. The summed E-state index contributed by atoms with van der Waals surface area (Å²) in [7, 11) is 4.85. The quantitative estimate of drug-likeness (QED) is 0.766. The first-order valence-electron chi connectivity index (χ1n) is 9.51. The van der Waals surface area contributed by atoms with Crippen LogP contribution in [0.2, 0.25) is 0 Å². The second kappa shape index (κ2) is 9.46. The second-order valence-corrected chi connectivity index (χ2v) is 6.84. The van der Waals surface area contributed by atoms with Gasteiger partial charge in [-0.3, -0.25) is 9.69 Å². The zero-order valence-electron chi connectivity index (χ0n) is 16.8. The van der Waals surface area contributed by atoms with E-state index in [1.165, 1.54) is 5.56 Å². The normalized spacial score (nSPS) is 15.0. The van der Waals surface area contributed by atoms with E-state index in [1.807, 2.05) is 17.0 Å². The predicted octanol–water partition coefficient (Wildman–Crippen LogP) is 3.06. The molecule has 0 unspecified atom stereocenters. The lowest BCUT2D eigenvalue weighted by atomic mass is 10.1. The number of nitrogens with zero attached hydrogens (tertiary/aromatic N) is 2. The highest BCUT2D eigenvalue weighted by Gasteiger charge is 2.23. The van der Waals surface area contributed by atoms with Gasteiger partial charge in [0.15, 0.2) is 0 Å². The minimum Gasteiger partial charge on any atom is -0.497 e. The van der Waals surface area contributed by atoms with Crippen LogP contribution in [0.1, 0.15) is 22.3 Å². The van der Waals surface area contributed by atoms with Crippen LogP contribution in [0.15, 0.2) is 42.5 Å². The topological polar surface area (TPSA) is 51.2 Å². The van der Waals surface area contributed by atoms with Crippen LogP contribution in [0, 0.1) is 0 Å². The van der Waals surface area contributed by atoms with E-state index in [9.17, 15) is 4.79 Å². The molecule has 1 saturated heterocycles. The summed E-state index contributed by atoms with van der Waals surface area (Å²) in [4.78, 5) is 17.3. The van der Waals surface area contributed by atoms with E-state index in [0.717, 1.165) is 38.3 Å². The van der Waals surface area contributed by atoms with Gasteiger partial charge in [-0.25, -0.2) is 0 Å². The molecule has 1 fully saturated rings. The van der Waals surface area contributed by atoms with Gasteiger partial charge in [0.25, 0.3) is 5.91 Å². The number of carbonyl (C=O) groups is 1. The van der Waals surface area contributed by atoms with Crippen LogP contribution in [0.5, 0.6) is 17.2 Å². The summed E-state index contributed by atoms with van der Waals surface area (Å²) in [6, 6.07) is 13.5. The molecule has 6 heteroatoms. The summed E-state index contributed by atoms with van der Waals surface area (Å²) in [5, 5.41) is 0. The Labute approximate surface area is 166 Å². The number of carbonyl (C=O) groups excluding carboxylic acids is 1. The Morgan fingerprint density at radius 3 is 2.25 bits per heavy atom. The van der Waals surface area contributed by atoms with Crippen molar-refractivity contribution in [1.29, 1.82) is 0 Å². The van der Waals surface area contributed by atoms with Gasteiger partial charge in [-0.05, 0) is 36.2 Å². The van der Waals surface area contributed by atoms with Crippen LogP contribution < -0.4 is 14.2 Å². The Morgan fingerprint density at radius 1 is 0.857 bits per heavy atom. The smallest absolute Gasteiger partial charge is 0.257 e. The van der Waals surface area contributed by atoms with Crippen LogP contribution in [0.25, 0.3) is 0 Å². The molecule has 0 aromatic heterocycles. The minimum atomic E-state index is 0.00537. The van der Waals surface area contributed by atoms with Gasteiger partial charge in [-0.2, -0.15) is 0 Å². The van der Waals surface area contributed by atoms with Gasteiger partial charge in [0.05, 0.1) is 26.9 Å². The SMILES string of the molecule is COc1ccc(CN2CCCN(C(=O)c3ccc(OC)cc3OC)CC2)cc1. The first-order valence-corrected chi connectivity index (χ1v) is 9.51. The summed E-state index contributed by atoms with van der Waals surface area (Å²) in [6.45, 7) is 4.13. The first-order chi connectivity index (χ1) is 13.6. The van der Waals surface area contributed by atoms with Gasteiger partial charge >= 0.3 is 0 Å². The lowest BCUT2D eigenvalue weighted by molar-refractivity contribution is 0.0757. The molecule has 150 valence electrons. The summed E-state index contributed by atoms with van der Waals surface area (Å²) in [6.07, 6.45) is 0.945. The Bertz CT molecular complexity index is 792. The second-order valence-electron chi connectivity index (χ2n) is 6.84. The fraction of sp³-hybridized carbons (Fsp3) is 0.409. The molecule has 2 aromatic carbocycles. The van der Waals surface area contributed by atoms with Crippen molar-refractivity contribution in [2.75, 3.05) is 47.5 Å². The molecule has 6 nitrogen and oxygen atoms in total. The molecular weight excluding hydrogens is 356 g/mol. The maximum atomic E-state index is 13.0. The van der Waals surface area contributed by atoms with E-state index in [-0.39, 0.29) is 5.91 Å². The number of methoxy groups -OCH3 is 3. The molecule has 28 heavy (non-hydrogen) atoms. The van der Waals surface area contributed by atoms with E-state index in [1.54, 1.807) is 39.5 Å². The summed E-state index contributed by atoms with van der Waals surface area (Å²) in [5.41, 5.74) is 1.82. The van der Waals surface area contributed by atoms with Crippen molar-refractivity contribution in [1.82, 2.24) is 9.80 Å². The zero-order valence-corrected chi connectivity index (χ0v) is 16.8. The fourth-order valence-corrected chi connectivity index (χ4v) is 3.47. The highest BCUT2D eigenvalue weighted by atomic mass is 16.5. The number of rotatable bonds is 6. The average molecular weight is 384 g/mol. The zero-order chi connectivity index (χ0) is 19.9. The number of ether oxygens (including phenoxy) is 3. The van der Waals surface area contributed by atoms with Gasteiger partial charge in [0, 0.05) is 38.8 Å². The molecule has 2 aromatic rings. The third kappa shape index (κ3) is 4.75. The monoisotopic (exact) mass is 384 g/mol. The highest BCUT2D eigenvalue weighted by Crippen LogP contribution is 2.26. The van der Waals surface area contributed by atoms with Crippen LogP contribution in [-0.2, 0) is 6.54 Å². The van der Waals surface area contributed by atoms with Crippen LogP contribution in [0.4, 0.5) is 0 Å². The van der Waals surface area contributed by atoms with Crippen molar-refractivity contribution in [3.05, 3.63) is 53.6 Å². The molecule has 1 aliphatic rings. The van der Waals surface area contributed by atoms with Crippen LogP contribution in [0.3, 0.4) is 0 Å². The summed E-state index contributed by atoms with van der Waals surface area (Å²) < 4.78 is 15.8. The summed E-state index contributed by atoms with van der Waals surface area (Å²) in [5.74, 6) is 2.09. The minimum absolute atomic E-state index is 0.00537. The molecule has 1 heterocycles. The number of hydrogen-bond donors (Lipinski definition) is 0. The van der Waals surface area contributed by atoms with E-state index in [4.69, 9.17) is 14.2 Å². The molecule has 0 atom stereocenters. The van der Waals surface area contributed by atoms with Crippen molar-refractivity contribution < 1.29 is 19.0 Å². The molecule has 0 bridgehead atoms. The lowest BCUT2D eigenvalue weighted by Gasteiger charge is -2.23. The molecule has 1 amide bonds.